The first-order valence-corrected chi connectivity index (χ1v) is 10.9. The first-order valence-electron chi connectivity index (χ1n) is 9.44. The highest BCUT2D eigenvalue weighted by Crippen LogP contribution is 2.23. The molecule has 0 bridgehead atoms. The normalized spacial score (nSPS) is 11.8. The van der Waals surface area contributed by atoms with E-state index in [1.165, 1.54) is 69.4 Å². The third-order valence-electron chi connectivity index (χ3n) is 4.93. The summed E-state index contributed by atoms with van der Waals surface area (Å²) in [6, 6.07) is 3.38. The van der Waals surface area contributed by atoms with Crippen molar-refractivity contribution in [1.82, 2.24) is 0 Å². The smallest absolute Gasteiger partial charge is 0.282 e. The lowest BCUT2D eigenvalue weighted by Crippen LogP contribution is -2.04. The number of hydrogen-bond acceptors (Lipinski definition) is 2. The minimum absolute atomic E-state index is 0.0341. The topological polar surface area (TPSA) is 54.4 Å². The second-order valence-electron chi connectivity index (χ2n) is 6.88. The van der Waals surface area contributed by atoms with Gasteiger partial charge in [0.2, 0.25) is 0 Å². The minimum atomic E-state index is -4.12. The second-order valence-corrected chi connectivity index (χ2v) is 8.27. The van der Waals surface area contributed by atoms with Crippen molar-refractivity contribution in [3.05, 3.63) is 28.8 Å². The molecule has 0 saturated heterocycles. The zero-order chi connectivity index (χ0) is 18.0. The number of aryl methyl sites for hydroxylation is 1. The van der Waals surface area contributed by atoms with E-state index in [0.29, 0.717) is 5.56 Å². The Morgan fingerprint density at radius 1 is 0.792 bits per heavy atom. The summed E-state index contributed by atoms with van der Waals surface area (Å²) in [5, 5.41) is 0. The van der Waals surface area contributed by atoms with Gasteiger partial charge >= 0.3 is 0 Å². The maximum absolute atomic E-state index is 11.3. The number of rotatable bonds is 12. The fraction of sp³-hybridized carbons (Fsp3) is 0.700. The molecule has 1 aromatic rings. The number of unbranched alkanes of at least 4 members (excludes halogenated alkanes) is 9. The Morgan fingerprint density at radius 2 is 1.29 bits per heavy atom. The molecule has 1 aromatic carbocycles. The van der Waals surface area contributed by atoms with Gasteiger partial charge in [-0.15, -0.1) is 0 Å². The highest BCUT2D eigenvalue weighted by molar-refractivity contribution is 7.85. The standard InChI is InChI=1S/C20H34O3S/c1-4-5-6-7-8-9-10-11-12-13-14-19-15-16-20(24(21,22)23)18(3)17(19)2/h15-16H,4-14H2,1-3H3,(H,21,22,23). The maximum atomic E-state index is 11.3. The van der Waals surface area contributed by atoms with Crippen LogP contribution in [0.15, 0.2) is 17.0 Å². The highest BCUT2D eigenvalue weighted by Gasteiger charge is 2.15. The Labute approximate surface area is 148 Å². The van der Waals surface area contributed by atoms with Gasteiger partial charge in [0.05, 0.1) is 4.90 Å². The van der Waals surface area contributed by atoms with Gasteiger partial charge in [-0.2, -0.15) is 8.42 Å². The van der Waals surface area contributed by atoms with Crippen LogP contribution in [0.25, 0.3) is 0 Å². The van der Waals surface area contributed by atoms with E-state index in [0.717, 1.165) is 18.4 Å². The van der Waals surface area contributed by atoms with Crippen LogP contribution in [0, 0.1) is 13.8 Å². The van der Waals surface area contributed by atoms with Crippen LogP contribution in [0.5, 0.6) is 0 Å². The van der Waals surface area contributed by atoms with Gasteiger partial charge in [0.15, 0.2) is 0 Å². The fourth-order valence-electron chi connectivity index (χ4n) is 3.21. The van der Waals surface area contributed by atoms with Crippen LogP contribution in [-0.2, 0) is 16.5 Å². The molecule has 0 unspecified atom stereocenters. The Morgan fingerprint density at radius 3 is 1.79 bits per heavy atom. The van der Waals surface area contributed by atoms with Crippen molar-refractivity contribution in [2.24, 2.45) is 0 Å². The van der Waals surface area contributed by atoms with Crippen LogP contribution in [0.2, 0.25) is 0 Å². The van der Waals surface area contributed by atoms with Crippen LogP contribution in [0.1, 0.15) is 87.8 Å². The molecule has 4 heteroatoms. The van der Waals surface area contributed by atoms with Gasteiger partial charge < -0.3 is 0 Å². The molecule has 24 heavy (non-hydrogen) atoms. The number of benzene rings is 1. The first-order chi connectivity index (χ1) is 11.4. The quantitative estimate of drug-likeness (QED) is 0.369. The summed E-state index contributed by atoms with van der Waals surface area (Å²) in [5.74, 6) is 0. The summed E-state index contributed by atoms with van der Waals surface area (Å²) in [7, 11) is -4.12. The van der Waals surface area contributed by atoms with Crippen LogP contribution >= 0.6 is 0 Å². The van der Waals surface area contributed by atoms with Crippen molar-refractivity contribution < 1.29 is 13.0 Å². The predicted molar refractivity (Wildman–Crippen MR) is 101 cm³/mol. The van der Waals surface area contributed by atoms with Crippen molar-refractivity contribution >= 4 is 10.1 Å². The van der Waals surface area contributed by atoms with Gasteiger partial charge in [-0.1, -0.05) is 70.8 Å². The molecular weight excluding hydrogens is 320 g/mol. The molecule has 0 aliphatic carbocycles. The van der Waals surface area contributed by atoms with Gasteiger partial charge in [0.1, 0.15) is 0 Å². The van der Waals surface area contributed by atoms with E-state index in [1.54, 1.807) is 6.92 Å². The van der Waals surface area contributed by atoms with Crippen molar-refractivity contribution in [2.45, 2.75) is 96.3 Å². The zero-order valence-corrected chi connectivity index (χ0v) is 16.4. The molecule has 0 radical (unpaired) electrons. The van der Waals surface area contributed by atoms with Gasteiger partial charge in [0.25, 0.3) is 10.1 Å². The molecule has 0 heterocycles. The second kappa shape index (κ2) is 10.9. The largest absolute Gasteiger partial charge is 0.294 e. The summed E-state index contributed by atoms with van der Waals surface area (Å²) in [4.78, 5) is 0.0341. The summed E-state index contributed by atoms with van der Waals surface area (Å²) < 4.78 is 31.9. The summed E-state index contributed by atoms with van der Waals surface area (Å²) >= 11 is 0. The average Bonchev–Trinajstić information content (AvgIpc) is 2.52. The van der Waals surface area contributed by atoms with E-state index in [9.17, 15) is 13.0 Å². The van der Waals surface area contributed by atoms with E-state index in [-0.39, 0.29) is 4.90 Å². The summed E-state index contributed by atoms with van der Waals surface area (Å²) in [6.45, 7) is 5.95. The molecule has 3 nitrogen and oxygen atoms in total. The summed E-state index contributed by atoms with van der Waals surface area (Å²) in [6.07, 6.45) is 14.1. The molecule has 0 spiro atoms. The molecule has 0 aliphatic heterocycles. The average molecular weight is 355 g/mol. The van der Waals surface area contributed by atoms with Gasteiger partial charge in [0, 0.05) is 0 Å². The molecule has 0 aromatic heterocycles. The molecular formula is C20H34O3S. The van der Waals surface area contributed by atoms with Crippen LogP contribution in [0.4, 0.5) is 0 Å². The third kappa shape index (κ3) is 7.35. The molecule has 138 valence electrons. The Balaban J connectivity index is 2.28. The van der Waals surface area contributed by atoms with E-state index < -0.39 is 10.1 Å². The van der Waals surface area contributed by atoms with Crippen LogP contribution in [-0.4, -0.2) is 13.0 Å². The van der Waals surface area contributed by atoms with E-state index in [1.807, 2.05) is 13.0 Å². The van der Waals surface area contributed by atoms with Crippen molar-refractivity contribution in [3.63, 3.8) is 0 Å². The predicted octanol–water partition coefficient (Wildman–Crippen LogP) is 6.01. The number of hydrogen-bond donors (Lipinski definition) is 1. The molecule has 0 amide bonds. The first kappa shape index (κ1) is 21.2. The molecule has 1 N–H and O–H groups in total. The SMILES string of the molecule is CCCCCCCCCCCCc1ccc(S(=O)(=O)O)c(C)c1C. The van der Waals surface area contributed by atoms with Gasteiger partial charge in [-0.3, -0.25) is 4.55 Å². The summed E-state index contributed by atoms with van der Waals surface area (Å²) in [5.41, 5.74) is 2.85. The lowest BCUT2D eigenvalue weighted by Gasteiger charge is -2.12. The monoisotopic (exact) mass is 354 g/mol. The third-order valence-corrected chi connectivity index (χ3v) is 5.93. The van der Waals surface area contributed by atoms with Crippen LogP contribution in [0.3, 0.4) is 0 Å². The van der Waals surface area contributed by atoms with Crippen LogP contribution < -0.4 is 0 Å². The van der Waals surface area contributed by atoms with Gasteiger partial charge in [-0.25, -0.2) is 0 Å². The highest BCUT2D eigenvalue weighted by atomic mass is 32.2. The Hall–Kier alpha value is -0.870. The van der Waals surface area contributed by atoms with E-state index in [2.05, 4.69) is 6.92 Å². The molecule has 0 aliphatic rings. The molecule has 0 fully saturated rings. The van der Waals surface area contributed by atoms with E-state index in [4.69, 9.17) is 0 Å². The van der Waals surface area contributed by atoms with Gasteiger partial charge in [-0.05, 0) is 49.4 Å². The molecule has 0 atom stereocenters. The van der Waals surface area contributed by atoms with Crippen molar-refractivity contribution in [2.75, 3.05) is 0 Å². The van der Waals surface area contributed by atoms with Crippen molar-refractivity contribution in [3.8, 4) is 0 Å². The lowest BCUT2D eigenvalue weighted by molar-refractivity contribution is 0.482. The maximum Gasteiger partial charge on any atom is 0.294 e. The lowest BCUT2D eigenvalue weighted by atomic mass is 9.98. The minimum Gasteiger partial charge on any atom is -0.282 e. The molecule has 0 saturated carbocycles. The Bertz CT molecular complexity index is 591. The Kier molecular flexibility index (Phi) is 9.60. The zero-order valence-electron chi connectivity index (χ0n) is 15.6. The molecule has 1 rings (SSSR count). The van der Waals surface area contributed by atoms with Crippen molar-refractivity contribution in [1.29, 1.82) is 0 Å². The van der Waals surface area contributed by atoms with E-state index >= 15 is 0 Å². The fourth-order valence-corrected chi connectivity index (χ4v) is 3.99.